The summed E-state index contributed by atoms with van der Waals surface area (Å²) in [5.41, 5.74) is 0. The van der Waals surface area contributed by atoms with E-state index in [0.717, 1.165) is 23.4 Å². The van der Waals surface area contributed by atoms with Gasteiger partial charge in [-0.05, 0) is 0 Å². The largest absolute Gasteiger partial charge is 0.367 e. The third kappa shape index (κ3) is 0.799. The molecule has 36 valence electrons. The highest BCUT2D eigenvalue weighted by Crippen LogP contribution is 1.86. The third-order valence-corrected chi connectivity index (χ3v) is 1.64. The molecule has 1 atom stereocenters. The van der Waals surface area contributed by atoms with Crippen LogP contribution in [0.3, 0.4) is 0 Å². The predicted molar refractivity (Wildman–Crippen MR) is 27.7 cm³/mol. The fourth-order valence-corrected chi connectivity index (χ4v) is 1.08. The van der Waals surface area contributed by atoms with E-state index in [1.165, 1.54) is 0 Å². The Labute approximate surface area is 40.3 Å². The van der Waals surface area contributed by atoms with Crippen molar-refractivity contribution in [2.45, 2.75) is 5.85 Å². The van der Waals surface area contributed by atoms with E-state index in [0.29, 0.717) is 5.85 Å². The van der Waals surface area contributed by atoms with E-state index in [-0.39, 0.29) is 0 Å². The molecule has 1 aliphatic heterocycles. The number of hydrogen-bond donors (Lipinski definition) is 1. The van der Waals surface area contributed by atoms with E-state index in [1.54, 1.807) is 0 Å². The molecule has 0 radical (unpaired) electrons. The molecule has 1 rings (SSSR count). The quantitative estimate of drug-likeness (QED) is 0.367. The first kappa shape index (κ1) is 4.30. The first-order valence-corrected chi connectivity index (χ1v) is 3.40. The van der Waals surface area contributed by atoms with Crippen LogP contribution < -0.4 is 5.32 Å². The molecule has 1 saturated heterocycles. The maximum atomic E-state index is 5.10. The molecule has 0 aromatic rings. The van der Waals surface area contributed by atoms with Crippen LogP contribution in [0.25, 0.3) is 0 Å². The Morgan fingerprint density at radius 3 is 2.83 bits per heavy atom. The molecule has 0 saturated carbocycles. The molecule has 1 N–H and O–H groups in total. The molecule has 1 fully saturated rings. The predicted octanol–water partition coefficient (Wildman–Crippen LogP) is -1.74. The molecule has 6 heavy (non-hydrogen) atoms. The first-order chi connectivity index (χ1) is 2.89. The minimum atomic E-state index is 0.435. The topological polar surface area (TPSA) is 21.3 Å². The lowest BCUT2D eigenvalue weighted by molar-refractivity contribution is 0.162. The second-order valence-electron chi connectivity index (χ2n) is 1.47. The highest BCUT2D eigenvalue weighted by Gasteiger charge is 2.05. The van der Waals surface area contributed by atoms with E-state index >= 15 is 0 Å². The van der Waals surface area contributed by atoms with Gasteiger partial charge in [-0.15, -0.1) is 0 Å². The lowest BCUT2D eigenvalue weighted by atomic mass is 10.7. The summed E-state index contributed by atoms with van der Waals surface area (Å²) < 4.78 is 5.10. The van der Waals surface area contributed by atoms with E-state index in [9.17, 15) is 0 Å². The van der Waals surface area contributed by atoms with Crippen LogP contribution in [0.15, 0.2) is 0 Å². The van der Waals surface area contributed by atoms with E-state index in [4.69, 9.17) is 4.74 Å². The zero-order chi connectivity index (χ0) is 4.41. The number of rotatable bonds is 0. The molecule has 1 aliphatic rings. The molecule has 3 heteroatoms. The van der Waals surface area contributed by atoms with Gasteiger partial charge in [0.25, 0.3) is 0 Å². The van der Waals surface area contributed by atoms with Crippen LogP contribution in [0.4, 0.5) is 0 Å². The standard InChI is InChI=1S/C3H9NOSi/c6-3-4-1-2-5-3/h3-4H,1-2H2,6H3. The Balaban J connectivity index is 2.18. The molecule has 2 nitrogen and oxygen atoms in total. The summed E-state index contributed by atoms with van der Waals surface area (Å²) in [7, 11) is 1.12. The fourth-order valence-electron chi connectivity index (χ4n) is 0.557. The van der Waals surface area contributed by atoms with Crippen LogP contribution in [0, 0.1) is 0 Å². The molecule has 0 bridgehead atoms. The number of ether oxygens (including phenoxy) is 1. The summed E-state index contributed by atoms with van der Waals surface area (Å²) in [6, 6.07) is 0. The molecule has 1 heterocycles. The monoisotopic (exact) mass is 103 g/mol. The Kier molecular flexibility index (Phi) is 1.24. The van der Waals surface area contributed by atoms with Crippen LogP contribution >= 0.6 is 0 Å². The molecule has 0 amide bonds. The van der Waals surface area contributed by atoms with Gasteiger partial charge in [-0.2, -0.15) is 0 Å². The summed E-state index contributed by atoms with van der Waals surface area (Å²) in [4.78, 5) is 0. The molecule has 0 aromatic carbocycles. The second-order valence-corrected chi connectivity index (χ2v) is 2.52. The first-order valence-electron chi connectivity index (χ1n) is 2.24. The lowest BCUT2D eigenvalue weighted by Gasteiger charge is -1.96. The third-order valence-electron chi connectivity index (χ3n) is 0.902. The summed E-state index contributed by atoms with van der Waals surface area (Å²) in [6.45, 7) is 1.96. The molecular formula is C3H9NOSi. The molecule has 1 unspecified atom stereocenters. The van der Waals surface area contributed by atoms with Gasteiger partial charge in [0.05, 0.1) is 22.7 Å². The summed E-state index contributed by atoms with van der Waals surface area (Å²) in [6.07, 6.45) is 0. The van der Waals surface area contributed by atoms with Crippen molar-refractivity contribution in [3.8, 4) is 0 Å². The van der Waals surface area contributed by atoms with Crippen LogP contribution in [-0.4, -0.2) is 29.2 Å². The van der Waals surface area contributed by atoms with Crippen molar-refractivity contribution < 1.29 is 4.74 Å². The van der Waals surface area contributed by atoms with Crippen LogP contribution in [-0.2, 0) is 4.74 Å². The smallest absolute Gasteiger partial charge is 0.0844 e. The fraction of sp³-hybridized carbons (Fsp3) is 1.00. The minimum Gasteiger partial charge on any atom is -0.367 e. The summed E-state index contributed by atoms with van der Waals surface area (Å²) >= 11 is 0. The maximum Gasteiger partial charge on any atom is 0.0844 e. The summed E-state index contributed by atoms with van der Waals surface area (Å²) in [5.74, 6) is 0.435. The van der Waals surface area contributed by atoms with Crippen molar-refractivity contribution in [3.05, 3.63) is 0 Å². The average molecular weight is 103 g/mol. The van der Waals surface area contributed by atoms with Gasteiger partial charge >= 0.3 is 0 Å². The van der Waals surface area contributed by atoms with Gasteiger partial charge in [0.15, 0.2) is 0 Å². The number of hydrogen-bond acceptors (Lipinski definition) is 2. The van der Waals surface area contributed by atoms with Gasteiger partial charge in [-0.1, -0.05) is 0 Å². The van der Waals surface area contributed by atoms with Crippen LogP contribution in [0.2, 0.25) is 0 Å². The van der Waals surface area contributed by atoms with Gasteiger partial charge in [0, 0.05) is 6.54 Å². The highest BCUT2D eigenvalue weighted by atomic mass is 28.1. The van der Waals surface area contributed by atoms with E-state index < -0.39 is 0 Å². The minimum absolute atomic E-state index is 0.435. The SMILES string of the molecule is [SiH3]C1NCCO1. The Hall–Kier alpha value is 0.137. The zero-order valence-electron chi connectivity index (χ0n) is 3.90. The highest BCUT2D eigenvalue weighted by molar-refractivity contribution is 6.10. The van der Waals surface area contributed by atoms with Crippen molar-refractivity contribution in [2.75, 3.05) is 13.2 Å². The molecule has 0 aliphatic carbocycles. The van der Waals surface area contributed by atoms with Gasteiger partial charge in [-0.3, -0.25) is 5.32 Å². The molecule has 0 spiro atoms. The van der Waals surface area contributed by atoms with Gasteiger partial charge in [-0.25, -0.2) is 0 Å². The van der Waals surface area contributed by atoms with Crippen LogP contribution in [0.1, 0.15) is 0 Å². The van der Waals surface area contributed by atoms with Crippen molar-refractivity contribution in [2.24, 2.45) is 0 Å². The van der Waals surface area contributed by atoms with Crippen molar-refractivity contribution in [3.63, 3.8) is 0 Å². The van der Waals surface area contributed by atoms with Gasteiger partial charge < -0.3 is 4.74 Å². The zero-order valence-corrected chi connectivity index (χ0v) is 5.90. The van der Waals surface area contributed by atoms with Crippen molar-refractivity contribution >= 4 is 10.2 Å². The van der Waals surface area contributed by atoms with Gasteiger partial charge in [0.2, 0.25) is 0 Å². The maximum absolute atomic E-state index is 5.10. The van der Waals surface area contributed by atoms with Crippen LogP contribution in [0.5, 0.6) is 0 Å². The lowest BCUT2D eigenvalue weighted by Crippen LogP contribution is -2.21. The van der Waals surface area contributed by atoms with E-state index in [2.05, 4.69) is 5.32 Å². The number of nitrogens with one attached hydrogen (secondary N) is 1. The van der Waals surface area contributed by atoms with Gasteiger partial charge in [0.1, 0.15) is 0 Å². The molecular weight excluding hydrogens is 94.1 g/mol. The Morgan fingerprint density at radius 1 is 1.83 bits per heavy atom. The Morgan fingerprint density at radius 2 is 2.67 bits per heavy atom. The van der Waals surface area contributed by atoms with Crippen molar-refractivity contribution in [1.29, 1.82) is 0 Å². The normalized spacial score (nSPS) is 35.0. The Bertz CT molecular complexity index is 44.1. The average Bonchev–Trinajstić information content (AvgIpc) is 1.86. The second kappa shape index (κ2) is 1.73. The molecule has 0 aromatic heterocycles. The summed E-state index contributed by atoms with van der Waals surface area (Å²) in [5, 5.41) is 3.16. The van der Waals surface area contributed by atoms with E-state index in [1.807, 2.05) is 0 Å². The van der Waals surface area contributed by atoms with Crippen molar-refractivity contribution in [1.82, 2.24) is 5.32 Å².